The van der Waals surface area contributed by atoms with Crippen LogP contribution in [-0.2, 0) is 12.9 Å². The Bertz CT molecular complexity index is 378. The monoisotopic (exact) mass is 255 g/mol. The van der Waals surface area contributed by atoms with Crippen molar-refractivity contribution in [2.75, 3.05) is 18.0 Å². The Morgan fingerprint density at radius 3 is 2.53 bits per heavy atom. The van der Waals surface area contributed by atoms with Gasteiger partial charge < -0.3 is 4.90 Å². The molecule has 0 N–H and O–H groups in total. The molecule has 1 aromatic heterocycles. The maximum absolute atomic E-state index is 6.05. The van der Waals surface area contributed by atoms with E-state index in [4.69, 9.17) is 11.6 Å². The predicted octanol–water partition coefficient (Wildman–Crippen LogP) is 3.09. The van der Waals surface area contributed by atoms with Gasteiger partial charge >= 0.3 is 0 Å². The molecule has 0 atom stereocenters. The standard InChI is InChI=1S/C13H22ClN3/c1-4-11-5-7-17(8-6-11)13-12(9-14)10(2)15-16(13)3/h11H,4-9H2,1-3H3. The molecule has 1 aliphatic heterocycles. The summed E-state index contributed by atoms with van der Waals surface area (Å²) in [5, 5.41) is 4.49. The van der Waals surface area contributed by atoms with Gasteiger partial charge in [0.05, 0.1) is 11.6 Å². The average Bonchev–Trinajstić information content (AvgIpc) is 2.63. The quantitative estimate of drug-likeness (QED) is 0.774. The van der Waals surface area contributed by atoms with Gasteiger partial charge in [0, 0.05) is 25.7 Å². The Balaban J connectivity index is 2.18. The summed E-state index contributed by atoms with van der Waals surface area (Å²) in [6, 6.07) is 0. The van der Waals surface area contributed by atoms with Crippen molar-refractivity contribution in [3.05, 3.63) is 11.3 Å². The highest BCUT2D eigenvalue weighted by atomic mass is 35.5. The zero-order valence-corrected chi connectivity index (χ0v) is 11.8. The molecule has 2 heterocycles. The first-order valence-electron chi connectivity index (χ1n) is 6.50. The molecule has 1 aromatic rings. The molecule has 96 valence electrons. The number of aromatic nitrogens is 2. The minimum Gasteiger partial charge on any atom is -0.357 e. The molecule has 0 saturated carbocycles. The van der Waals surface area contributed by atoms with Gasteiger partial charge in [0.1, 0.15) is 5.82 Å². The van der Waals surface area contributed by atoms with E-state index in [1.165, 1.54) is 30.6 Å². The van der Waals surface area contributed by atoms with E-state index >= 15 is 0 Å². The Hall–Kier alpha value is -0.700. The topological polar surface area (TPSA) is 21.1 Å². The van der Waals surface area contributed by atoms with E-state index in [2.05, 4.69) is 16.9 Å². The number of nitrogens with zero attached hydrogens (tertiary/aromatic N) is 3. The molecule has 1 fully saturated rings. The maximum atomic E-state index is 6.05. The highest BCUT2D eigenvalue weighted by Gasteiger charge is 2.23. The molecule has 17 heavy (non-hydrogen) atoms. The zero-order valence-electron chi connectivity index (χ0n) is 11.0. The fourth-order valence-corrected chi connectivity index (χ4v) is 3.11. The van der Waals surface area contributed by atoms with Gasteiger partial charge in [-0.3, -0.25) is 4.68 Å². The van der Waals surface area contributed by atoms with Gasteiger partial charge in [-0.15, -0.1) is 11.6 Å². The number of rotatable bonds is 3. The van der Waals surface area contributed by atoms with Crippen LogP contribution in [0, 0.1) is 12.8 Å². The Labute approximate surface area is 109 Å². The third-order valence-corrected chi connectivity index (χ3v) is 4.21. The van der Waals surface area contributed by atoms with Crippen LogP contribution in [0.5, 0.6) is 0 Å². The maximum Gasteiger partial charge on any atom is 0.131 e. The van der Waals surface area contributed by atoms with Crippen molar-refractivity contribution in [3.8, 4) is 0 Å². The first-order valence-corrected chi connectivity index (χ1v) is 7.04. The van der Waals surface area contributed by atoms with Crippen LogP contribution in [0.3, 0.4) is 0 Å². The summed E-state index contributed by atoms with van der Waals surface area (Å²) in [5.74, 6) is 2.69. The normalized spacial score (nSPS) is 17.8. The van der Waals surface area contributed by atoms with E-state index in [-0.39, 0.29) is 0 Å². The van der Waals surface area contributed by atoms with Gasteiger partial charge in [-0.25, -0.2) is 0 Å². The molecule has 1 saturated heterocycles. The van der Waals surface area contributed by atoms with Crippen molar-refractivity contribution in [2.45, 2.75) is 39.0 Å². The van der Waals surface area contributed by atoms with E-state index in [1.54, 1.807) is 0 Å². The van der Waals surface area contributed by atoms with Crippen LogP contribution in [0.2, 0.25) is 0 Å². The highest BCUT2D eigenvalue weighted by molar-refractivity contribution is 6.17. The van der Waals surface area contributed by atoms with E-state index < -0.39 is 0 Å². The van der Waals surface area contributed by atoms with Crippen LogP contribution in [0.25, 0.3) is 0 Å². The third-order valence-electron chi connectivity index (χ3n) is 3.94. The second-order valence-corrected chi connectivity index (χ2v) is 5.25. The fraction of sp³-hybridized carbons (Fsp3) is 0.769. The molecule has 0 amide bonds. The summed E-state index contributed by atoms with van der Waals surface area (Å²) in [6.07, 6.45) is 3.89. The van der Waals surface area contributed by atoms with Crippen molar-refractivity contribution >= 4 is 17.4 Å². The van der Waals surface area contributed by atoms with Gasteiger partial charge in [-0.05, 0) is 25.7 Å². The molecule has 0 spiro atoms. The van der Waals surface area contributed by atoms with Crippen LogP contribution < -0.4 is 4.90 Å². The molecule has 4 heteroatoms. The second kappa shape index (κ2) is 5.30. The molecule has 0 radical (unpaired) electrons. The number of anilines is 1. The van der Waals surface area contributed by atoms with Crippen molar-refractivity contribution in [2.24, 2.45) is 13.0 Å². The van der Waals surface area contributed by atoms with E-state index in [9.17, 15) is 0 Å². The summed E-state index contributed by atoms with van der Waals surface area (Å²) in [6.45, 7) is 6.61. The fourth-order valence-electron chi connectivity index (χ4n) is 2.79. The van der Waals surface area contributed by atoms with E-state index in [0.717, 1.165) is 24.7 Å². The summed E-state index contributed by atoms with van der Waals surface area (Å²) < 4.78 is 1.99. The zero-order chi connectivity index (χ0) is 12.4. The third kappa shape index (κ3) is 2.44. The molecule has 0 aliphatic carbocycles. The second-order valence-electron chi connectivity index (χ2n) is 4.98. The lowest BCUT2D eigenvalue weighted by atomic mass is 9.94. The van der Waals surface area contributed by atoms with Crippen molar-refractivity contribution < 1.29 is 0 Å². The van der Waals surface area contributed by atoms with Crippen molar-refractivity contribution in [3.63, 3.8) is 0 Å². The Kier molecular flexibility index (Phi) is 3.97. The first-order chi connectivity index (χ1) is 8.17. The Morgan fingerprint density at radius 1 is 1.35 bits per heavy atom. The molecular weight excluding hydrogens is 234 g/mol. The molecule has 0 bridgehead atoms. The van der Waals surface area contributed by atoms with Gasteiger partial charge in [-0.2, -0.15) is 5.10 Å². The average molecular weight is 256 g/mol. The summed E-state index contributed by atoms with van der Waals surface area (Å²) >= 11 is 6.05. The van der Waals surface area contributed by atoms with Gasteiger partial charge in [-0.1, -0.05) is 13.3 Å². The summed E-state index contributed by atoms with van der Waals surface area (Å²) in [4.78, 5) is 2.45. The van der Waals surface area contributed by atoms with Crippen molar-refractivity contribution in [1.29, 1.82) is 0 Å². The molecule has 0 unspecified atom stereocenters. The number of alkyl halides is 1. The summed E-state index contributed by atoms with van der Waals surface area (Å²) in [7, 11) is 2.02. The van der Waals surface area contributed by atoms with Crippen LogP contribution in [-0.4, -0.2) is 22.9 Å². The highest BCUT2D eigenvalue weighted by Crippen LogP contribution is 2.29. The van der Waals surface area contributed by atoms with E-state index in [0.29, 0.717) is 5.88 Å². The summed E-state index contributed by atoms with van der Waals surface area (Å²) in [5.41, 5.74) is 2.26. The predicted molar refractivity (Wildman–Crippen MR) is 72.7 cm³/mol. The van der Waals surface area contributed by atoms with Crippen molar-refractivity contribution in [1.82, 2.24) is 9.78 Å². The van der Waals surface area contributed by atoms with Crippen LogP contribution in [0.1, 0.15) is 37.4 Å². The lowest BCUT2D eigenvalue weighted by molar-refractivity contribution is 0.391. The Morgan fingerprint density at radius 2 is 2.00 bits per heavy atom. The first kappa shape index (κ1) is 12.7. The number of piperidine rings is 1. The number of hydrogen-bond acceptors (Lipinski definition) is 2. The number of halogens is 1. The lowest BCUT2D eigenvalue weighted by Crippen LogP contribution is -2.35. The number of aryl methyl sites for hydroxylation is 2. The number of hydrogen-bond donors (Lipinski definition) is 0. The van der Waals surface area contributed by atoms with Gasteiger partial charge in [0.2, 0.25) is 0 Å². The SMILES string of the molecule is CCC1CCN(c2c(CCl)c(C)nn2C)CC1. The minimum atomic E-state index is 0.558. The van der Waals surface area contributed by atoms with Gasteiger partial charge in [0.15, 0.2) is 0 Å². The van der Waals surface area contributed by atoms with E-state index in [1.807, 2.05) is 18.7 Å². The van der Waals surface area contributed by atoms with Crippen LogP contribution >= 0.6 is 11.6 Å². The molecule has 3 nitrogen and oxygen atoms in total. The van der Waals surface area contributed by atoms with Crippen LogP contribution in [0.4, 0.5) is 5.82 Å². The molecule has 1 aliphatic rings. The van der Waals surface area contributed by atoms with Crippen LogP contribution in [0.15, 0.2) is 0 Å². The smallest absolute Gasteiger partial charge is 0.131 e. The molecule has 2 rings (SSSR count). The minimum absolute atomic E-state index is 0.558. The largest absolute Gasteiger partial charge is 0.357 e. The molecular formula is C13H22ClN3. The molecule has 0 aromatic carbocycles. The van der Waals surface area contributed by atoms with Gasteiger partial charge in [0.25, 0.3) is 0 Å². The lowest BCUT2D eigenvalue weighted by Gasteiger charge is -2.33.